The molecule has 10 aromatic rings. The van der Waals surface area contributed by atoms with E-state index >= 15 is 0 Å². The van der Waals surface area contributed by atoms with Crippen molar-refractivity contribution in [1.82, 2.24) is 19.9 Å². The van der Waals surface area contributed by atoms with Crippen LogP contribution in [0.4, 0.5) is 0 Å². The Labute approximate surface area is 313 Å². The summed E-state index contributed by atoms with van der Waals surface area (Å²) in [5, 5.41) is 5.71. The minimum absolute atomic E-state index is 0.677. The van der Waals surface area contributed by atoms with Gasteiger partial charge in [0.05, 0.1) is 22.6 Å². The number of para-hydroxylation sites is 1. The number of aromatic nitrogens is 4. The first-order valence-corrected chi connectivity index (χ1v) is 18.1. The molecule has 10 rings (SSSR count). The van der Waals surface area contributed by atoms with Crippen molar-refractivity contribution in [3.8, 4) is 67.7 Å². The Morgan fingerprint density at radius 1 is 0.278 bits per heavy atom. The first kappa shape index (κ1) is 31.4. The zero-order valence-electron chi connectivity index (χ0n) is 29.3. The largest absolute Gasteiger partial charge is 0.228 e. The molecule has 4 nitrogen and oxygen atoms in total. The summed E-state index contributed by atoms with van der Waals surface area (Å²) < 4.78 is 0. The Morgan fingerprint density at radius 3 is 1.59 bits per heavy atom. The van der Waals surface area contributed by atoms with Gasteiger partial charge >= 0.3 is 0 Å². The van der Waals surface area contributed by atoms with Crippen LogP contribution in [0.2, 0.25) is 0 Å². The maximum Gasteiger partial charge on any atom is 0.161 e. The fourth-order valence-corrected chi connectivity index (χ4v) is 7.40. The van der Waals surface area contributed by atoms with Gasteiger partial charge in [-0.2, -0.15) is 0 Å². The zero-order valence-corrected chi connectivity index (χ0v) is 29.3. The minimum Gasteiger partial charge on any atom is -0.228 e. The molecule has 0 unspecified atom stereocenters. The Balaban J connectivity index is 1.09. The lowest BCUT2D eigenvalue weighted by Gasteiger charge is -2.13. The molecule has 4 heteroatoms. The van der Waals surface area contributed by atoms with Gasteiger partial charge < -0.3 is 0 Å². The van der Waals surface area contributed by atoms with Crippen molar-refractivity contribution >= 4 is 32.4 Å². The molecule has 0 saturated heterocycles. The van der Waals surface area contributed by atoms with E-state index in [2.05, 4.69) is 158 Å². The number of nitrogens with zero attached hydrogens (tertiary/aromatic N) is 4. The molecule has 0 aliphatic rings. The summed E-state index contributed by atoms with van der Waals surface area (Å²) in [4.78, 5) is 20.7. The highest BCUT2D eigenvalue weighted by atomic mass is 14.9. The van der Waals surface area contributed by atoms with Crippen LogP contribution in [-0.4, -0.2) is 19.9 Å². The molecule has 2 heterocycles. The highest BCUT2D eigenvalue weighted by Gasteiger charge is 2.16. The summed E-state index contributed by atoms with van der Waals surface area (Å²) >= 11 is 0. The van der Waals surface area contributed by atoms with E-state index < -0.39 is 0 Å². The van der Waals surface area contributed by atoms with Gasteiger partial charge in [-0.1, -0.05) is 170 Å². The van der Waals surface area contributed by atoms with Crippen LogP contribution >= 0.6 is 0 Å². The van der Waals surface area contributed by atoms with Gasteiger partial charge in [-0.15, -0.1) is 0 Å². The van der Waals surface area contributed by atoms with Crippen LogP contribution in [0.15, 0.2) is 194 Å². The molecule has 8 aromatic carbocycles. The van der Waals surface area contributed by atoms with Gasteiger partial charge in [0.15, 0.2) is 11.6 Å². The molecule has 54 heavy (non-hydrogen) atoms. The quantitative estimate of drug-likeness (QED) is 0.163. The van der Waals surface area contributed by atoms with Gasteiger partial charge in [-0.25, -0.2) is 19.9 Å². The van der Waals surface area contributed by atoms with Crippen LogP contribution in [0.5, 0.6) is 0 Å². The summed E-state index contributed by atoms with van der Waals surface area (Å²) in [5.74, 6) is 1.37. The normalized spacial score (nSPS) is 11.3. The average molecular weight is 689 g/mol. The topological polar surface area (TPSA) is 51.6 Å². The summed E-state index contributed by atoms with van der Waals surface area (Å²) in [6, 6.07) is 67.4. The molecule has 0 saturated carbocycles. The lowest BCUT2D eigenvalue weighted by Crippen LogP contribution is -1.97. The molecule has 0 fully saturated rings. The van der Waals surface area contributed by atoms with Gasteiger partial charge in [0.2, 0.25) is 0 Å². The van der Waals surface area contributed by atoms with Crippen molar-refractivity contribution in [3.05, 3.63) is 194 Å². The third kappa shape index (κ3) is 5.76. The van der Waals surface area contributed by atoms with Gasteiger partial charge in [0.25, 0.3) is 0 Å². The van der Waals surface area contributed by atoms with E-state index in [0.29, 0.717) is 11.6 Å². The van der Waals surface area contributed by atoms with E-state index in [4.69, 9.17) is 19.9 Å². The van der Waals surface area contributed by atoms with Gasteiger partial charge in [-0.3, -0.25) is 0 Å². The van der Waals surface area contributed by atoms with Gasteiger partial charge in [0.1, 0.15) is 0 Å². The Hall–Kier alpha value is -7.30. The van der Waals surface area contributed by atoms with E-state index in [1.165, 1.54) is 16.3 Å². The second kappa shape index (κ2) is 13.4. The van der Waals surface area contributed by atoms with Crippen molar-refractivity contribution in [2.24, 2.45) is 0 Å². The molecule has 0 radical (unpaired) electrons. The molecule has 0 amide bonds. The number of hydrogen-bond acceptors (Lipinski definition) is 4. The lowest BCUT2D eigenvalue weighted by atomic mass is 9.96. The van der Waals surface area contributed by atoms with Crippen molar-refractivity contribution in [2.75, 3.05) is 0 Å². The molecule has 0 atom stereocenters. The summed E-state index contributed by atoms with van der Waals surface area (Å²) in [6.07, 6.45) is 0. The molecular formula is C50H32N4. The predicted octanol–water partition coefficient (Wildman–Crippen LogP) is 12.7. The molecule has 0 N–H and O–H groups in total. The van der Waals surface area contributed by atoms with Crippen molar-refractivity contribution in [3.63, 3.8) is 0 Å². The standard InChI is InChI=1S/C50H32N4/c1-3-14-33(15-4-1)37-19-13-20-39(30-37)48-43-24-11-12-25-45(43)51-49(54-48)36-28-26-35(27-29-36)47-32-46(34-16-5-2-6-17-34)52-50(53-47)44-31-38-18-7-8-21-40(38)41-22-9-10-23-42(41)44/h1-32H. The third-order valence-corrected chi connectivity index (χ3v) is 10.1. The smallest absolute Gasteiger partial charge is 0.161 e. The van der Waals surface area contributed by atoms with Crippen LogP contribution in [0.25, 0.3) is 100 Å². The van der Waals surface area contributed by atoms with E-state index in [-0.39, 0.29) is 0 Å². The molecule has 0 aliphatic carbocycles. The molecule has 0 aliphatic heterocycles. The van der Waals surface area contributed by atoms with E-state index in [1.54, 1.807) is 0 Å². The molecule has 0 bridgehead atoms. The summed E-state index contributed by atoms with van der Waals surface area (Å²) in [5.41, 5.74) is 10.9. The lowest BCUT2D eigenvalue weighted by molar-refractivity contribution is 1.19. The first-order chi connectivity index (χ1) is 26.7. The molecule has 252 valence electrons. The highest BCUT2D eigenvalue weighted by molar-refractivity contribution is 6.13. The highest BCUT2D eigenvalue weighted by Crippen LogP contribution is 2.37. The van der Waals surface area contributed by atoms with Crippen LogP contribution < -0.4 is 0 Å². The van der Waals surface area contributed by atoms with Crippen molar-refractivity contribution in [2.45, 2.75) is 0 Å². The number of benzene rings is 8. The average Bonchev–Trinajstić information content (AvgIpc) is 3.26. The number of fused-ring (bicyclic) bond motifs is 4. The molecule has 0 spiro atoms. The van der Waals surface area contributed by atoms with Crippen molar-refractivity contribution in [1.29, 1.82) is 0 Å². The second-order valence-electron chi connectivity index (χ2n) is 13.5. The van der Waals surface area contributed by atoms with Crippen molar-refractivity contribution < 1.29 is 0 Å². The van der Waals surface area contributed by atoms with Crippen LogP contribution in [0.3, 0.4) is 0 Å². The monoisotopic (exact) mass is 688 g/mol. The summed E-state index contributed by atoms with van der Waals surface area (Å²) in [6.45, 7) is 0. The SMILES string of the molecule is c1ccc(-c2cccc(-c3nc(-c4ccc(-c5cc(-c6ccccc6)nc(-c6cc7ccccc7c7ccccc67)n5)cc4)nc4ccccc34)c2)cc1. The van der Waals surface area contributed by atoms with E-state index in [0.717, 1.165) is 72.1 Å². The number of rotatable bonds is 6. The van der Waals surface area contributed by atoms with Gasteiger partial charge in [-0.05, 0) is 56.9 Å². The maximum absolute atomic E-state index is 5.24. The van der Waals surface area contributed by atoms with Crippen LogP contribution in [-0.2, 0) is 0 Å². The fourth-order valence-electron chi connectivity index (χ4n) is 7.40. The molecule has 2 aromatic heterocycles. The molecular weight excluding hydrogens is 657 g/mol. The first-order valence-electron chi connectivity index (χ1n) is 18.1. The second-order valence-corrected chi connectivity index (χ2v) is 13.5. The Bertz CT molecular complexity index is 2970. The van der Waals surface area contributed by atoms with Crippen LogP contribution in [0.1, 0.15) is 0 Å². The Morgan fingerprint density at radius 2 is 0.833 bits per heavy atom. The third-order valence-electron chi connectivity index (χ3n) is 10.1. The summed E-state index contributed by atoms with van der Waals surface area (Å²) in [7, 11) is 0. The predicted molar refractivity (Wildman–Crippen MR) is 223 cm³/mol. The van der Waals surface area contributed by atoms with E-state index in [1.807, 2.05) is 36.4 Å². The Kier molecular flexibility index (Phi) is 7.77. The van der Waals surface area contributed by atoms with E-state index in [9.17, 15) is 0 Å². The van der Waals surface area contributed by atoms with Gasteiger partial charge in [0, 0.05) is 33.2 Å². The van der Waals surface area contributed by atoms with Crippen LogP contribution in [0, 0.1) is 0 Å². The minimum atomic E-state index is 0.677. The fraction of sp³-hybridized carbons (Fsp3) is 0. The maximum atomic E-state index is 5.24. The zero-order chi connectivity index (χ0) is 35.8. The number of hydrogen-bond donors (Lipinski definition) is 0.